The summed E-state index contributed by atoms with van der Waals surface area (Å²) >= 11 is 0. The maximum atomic E-state index is 13.9. The summed E-state index contributed by atoms with van der Waals surface area (Å²) in [5.74, 6) is 5.50. The van der Waals surface area contributed by atoms with Crippen LogP contribution in [0.3, 0.4) is 0 Å². The molecule has 9 nitrogen and oxygen atoms in total. The molecule has 216 valence electrons. The Kier molecular flexibility index (Phi) is 7.83. The molecule has 1 amide bonds. The summed E-state index contributed by atoms with van der Waals surface area (Å²) in [6.45, 7) is 2.92. The minimum atomic E-state index is -4.60. The van der Waals surface area contributed by atoms with Crippen LogP contribution in [0.15, 0.2) is 79.3 Å². The Morgan fingerprint density at radius 2 is 1.79 bits per heavy atom. The summed E-state index contributed by atoms with van der Waals surface area (Å²) < 4.78 is 43.4. The molecule has 0 saturated carbocycles. The van der Waals surface area contributed by atoms with Gasteiger partial charge in [0.2, 0.25) is 0 Å². The lowest BCUT2D eigenvalue weighted by atomic mass is 10.0. The van der Waals surface area contributed by atoms with Crippen LogP contribution in [0.4, 0.5) is 19.0 Å². The van der Waals surface area contributed by atoms with Gasteiger partial charge in [0.15, 0.2) is 5.65 Å². The highest BCUT2D eigenvalue weighted by Gasteiger charge is 2.34. The van der Waals surface area contributed by atoms with Crippen LogP contribution >= 0.6 is 0 Å². The number of benzene rings is 1. The van der Waals surface area contributed by atoms with Gasteiger partial charge in [-0.3, -0.25) is 14.7 Å². The number of amides is 1. The van der Waals surface area contributed by atoms with Crippen molar-refractivity contribution in [3.8, 4) is 23.2 Å². The smallest absolute Gasteiger partial charge is 0.314 e. The Bertz CT molecular complexity index is 1840. The van der Waals surface area contributed by atoms with E-state index in [0.717, 1.165) is 19.2 Å². The number of nitrogens with one attached hydrogen (secondary N) is 2. The molecule has 0 aliphatic carbocycles. The highest BCUT2D eigenvalue weighted by Crippen LogP contribution is 2.33. The fraction of sp³-hybridized carbons (Fsp3) is 0.194. The monoisotopic (exact) mass is 582 g/mol. The van der Waals surface area contributed by atoms with Crippen LogP contribution in [-0.2, 0) is 12.7 Å². The average molecular weight is 583 g/mol. The van der Waals surface area contributed by atoms with Crippen molar-refractivity contribution in [2.24, 2.45) is 0 Å². The van der Waals surface area contributed by atoms with Crippen LogP contribution < -0.4 is 10.6 Å². The molecule has 0 unspecified atom stereocenters. The number of rotatable bonds is 5. The summed E-state index contributed by atoms with van der Waals surface area (Å²) in [6.07, 6.45) is 0.155. The molecule has 1 aromatic carbocycles. The molecule has 1 aliphatic heterocycles. The van der Waals surface area contributed by atoms with E-state index in [-0.39, 0.29) is 23.5 Å². The number of anilines is 1. The molecule has 1 aliphatic rings. The third kappa shape index (κ3) is 6.53. The van der Waals surface area contributed by atoms with E-state index in [1.165, 1.54) is 18.3 Å². The maximum absolute atomic E-state index is 13.9. The normalized spacial score (nSPS) is 13.8. The zero-order chi connectivity index (χ0) is 29.8. The van der Waals surface area contributed by atoms with Crippen LogP contribution in [-0.4, -0.2) is 61.6 Å². The number of pyridine rings is 2. The third-order valence-electron chi connectivity index (χ3n) is 6.91. The van der Waals surface area contributed by atoms with Gasteiger partial charge in [0.25, 0.3) is 5.91 Å². The lowest BCUT2D eigenvalue weighted by Gasteiger charge is -2.28. The van der Waals surface area contributed by atoms with Crippen molar-refractivity contribution in [2.45, 2.75) is 12.7 Å². The van der Waals surface area contributed by atoms with Crippen LogP contribution in [0.1, 0.15) is 32.7 Å². The quantitative estimate of drug-likeness (QED) is 0.299. The Labute approximate surface area is 244 Å². The number of halogens is 3. The topological polar surface area (TPSA) is 100 Å². The van der Waals surface area contributed by atoms with E-state index < -0.39 is 17.6 Å². The average Bonchev–Trinajstić information content (AvgIpc) is 3.43. The molecule has 2 N–H and O–H groups in total. The zero-order valence-electron chi connectivity index (χ0n) is 22.8. The predicted molar refractivity (Wildman–Crippen MR) is 154 cm³/mol. The van der Waals surface area contributed by atoms with Crippen molar-refractivity contribution >= 4 is 17.4 Å². The van der Waals surface area contributed by atoms with E-state index in [0.29, 0.717) is 41.4 Å². The highest BCUT2D eigenvalue weighted by molar-refractivity contribution is 6.04. The Hall–Kier alpha value is -5.12. The van der Waals surface area contributed by atoms with Gasteiger partial charge < -0.3 is 10.6 Å². The molecule has 43 heavy (non-hydrogen) atoms. The summed E-state index contributed by atoms with van der Waals surface area (Å²) in [7, 11) is 0. The van der Waals surface area contributed by atoms with E-state index in [1.54, 1.807) is 29.0 Å². The van der Waals surface area contributed by atoms with Gasteiger partial charge in [0, 0.05) is 56.2 Å². The van der Waals surface area contributed by atoms with Gasteiger partial charge >= 0.3 is 6.18 Å². The molecular weight excluding hydrogens is 557 g/mol. The molecule has 0 bridgehead atoms. The number of alkyl halides is 3. The van der Waals surface area contributed by atoms with Crippen molar-refractivity contribution < 1.29 is 18.0 Å². The molecular formula is C31H25F3N8O. The minimum Gasteiger partial charge on any atom is -0.314 e. The molecule has 0 spiro atoms. The number of carbonyl (C=O) groups excluding carboxylic acids is 1. The van der Waals surface area contributed by atoms with Crippen molar-refractivity contribution in [3.63, 3.8) is 0 Å². The lowest BCUT2D eigenvalue weighted by molar-refractivity contribution is -0.138. The first kappa shape index (κ1) is 28.0. The molecule has 5 aromatic rings. The first-order valence-corrected chi connectivity index (χ1v) is 13.5. The first-order valence-electron chi connectivity index (χ1n) is 13.5. The van der Waals surface area contributed by atoms with Gasteiger partial charge in [-0.25, -0.2) is 14.5 Å². The molecule has 1 saturated heterocycles. The van der Waals surface area contributed by atoms with Gasteiger partial charge in [-0.1, -0.05) is 18.1 Å². The lowest BCUT2D eigenvalue weighted by Crippen LogP contribution is -2.43. The minimum absolute atomic E-state index is 0.116. The van der Waals surface area contributed by atoms with Crippen molar-refractivity contribution in [2.75, 3.05) is 31.5 Å². The fourth-order valence-corrected chi connectivity index (χ4v) is 4.74. The van der Waals surface area contributed by atoms with Crippen molar-refractivity contribution in [1.29, 1.82) is 0 Å². The Morgan fingerprint density at radius 1 is 0.930 bits per heavy atom. The number of hydrogen-bond acceptors (Lipinski definition) is 7. The standard InChI is InChI=1S/C31H25F3N8O/c32-31(33,34)25-18-22(5-6-23(25)20-41-15-13-35-14-16-41)30(43)39-28-17-21(10-12-37-28)4-7-24-19-38-29-9-8-27(40-42(24)29)26-3-1-2-11-36-26/h1-3,5-6,8-12,17-19,35H,13-16,20H2,(H,37,39,43). The Balaban J connectivity index is 1.20. The Morgan fingerprint density at radius 3 is 2.58 bits per heavy atom. The second-order valence-corrected chi connectivity index (χ2v) is 9.88. The van der Waals surface area contributed by atoms with E-state index >= 15 is 0 Å². The second kappa shape index (κ2) is 12.0. The third-order valence-corrected chi connectivity index (χ3v) is 6.91. The summed E-state index contributed by atoms with van der Waals surface area (Å²) in [5, 5.41) is 10.4. The number of aromatic nitrogens is 5. The summed E-state index contributed by atoms with van der Waals surface area (Å²) in [5.41, 5.74) is 2.25. The fourth-order valence-electron chi connectivity index (χ4n) is 4.74. The molecule has 12 heteroatoms. The van der Waals surface area contributed by atoms with Gasteiger partial charge in [-0.2, -0.15) is 18.3 Å². The first-order chi connectivity index (χ1) is 20.8. The molecule has 1 fully saturated rings. The van der Waals surface area contributed by atoms with E-state index in [2.05, 4.69) is 42.5 Å². The van der Waals surface area contributed by atoms with E-state index in [1.807, 2.05) is 35.2 Å². The maximum Gasteiger partial charge on any atom is 0.416 e. The van der Waals surface area contributed by atoms with Crippen LogP contribution in [0.5, 0.6) is 0 Å². The van der Waals surface area contributed by atoms with Crippen LogP contribution in [0.25, 0.3) is 17.0 Å². The van der Waals surface area contributed by atoms with Crippen LogP contribution in [0.2, 0.25) is 0 Å². The molecule has 5 heterocycles. The predicted octanol–water partition coefficient (Wildman–Crippen LogP) is 4.26. The number of fused-ring (bicyclic) bond motifs is 1. The number of piperazine rings is 1. The largest absolute Gasteiger partial charge is 0.416 e. The number of nitrogens with zero attached hydrogens (tertiary/aromatic N) is 6. The zero-order valence-corrected chi connectivity index (χ0v) is 22.8. The molecule has 4 aromatic heterocycles. The van der Waals surface area contributed by atoms with Gasteiger partial charge in [-0.15, -0.1) is 0 Å². The van der Waals surface area contributed by atoms with Crippen LogP contribution in [0, 0.1) is 11.8 Å². The summed E-state index contributed by atoms with van der Waals surface area (Å²) in [4.78, 5) is 27.7. The summed E-state index contributed by atoms with van der Waals surface area (Å²) in [6, 6.07) is 16.1. The van der Waals surface area contributed by atoms with Gasteiger partial charge in [-0.05, 0) is 60.0 Å². The van der Waals surface area contributed by atoms with E-state index in [9.17, 15) is 18.0 Å². The SMILES string of the molecule is O=C(Nc1cc(C#Cc2cnc3ccc(-c4ccccn4)nn23)ccn1)c1ccc(CN2CCNCC2)c(C(F)(F)F)c1. The molecule has 0 atom stereocenters. The second-order valence-electron chi connectivity index (χ2n) is 9.88. The van der Waals surface area contributed by atoms with Crippen molar-refractivity contribution in [1.82, 2.24) is 34.8 Å². The highest BCUT2D eigenvalue weighted by atomic mass is 19.4. The molecule has 6 rings (SSSR count). The number of imidazole rings is 1. The van der Waals surface area contributed by atoms with Crippen molar-refractivity contribution in [3.05, 3.63) is 107 Å². The number of hydrogen-bond donors (Lipinski definition) is 2. The van der Waals surface area contributed by atoms with Gasteiger partial charge in [0.05, 0.1) is 17.5 Å². The van der Waals surface area contributed by atoms with E-state index in [4.69, 9.17) is 0 Å². The molecule has 0 radical (unpaired) electrons. The van der Waals surface area contributed by atoms with Gasteiger partial charge in [0.1, 0.15) is 17.2 Å². The number of carbonyl (C=O) groups is 1.